The minimum absolute atomic E-state index is 0.364. The van der Waals surface area contributed by atoms with Crippen LogP contribution in [0.25, 0.3) is 10.8 Å². The fourth-order valence-electron chi connectivity index (χ4n) is 3.10. The second-order valence-corrected chi connectivity index (χ2v) is 8.58. The molecule has 1 heterocycles. The summed E-state index contributed by atoms with van der Waals surface area (Å²) < 4.78 is 35.4. The Morgan fingerprint density at radius 2 is 1.69 bits per heavy atom. The predicted octanol–water partition coefficient (Wildman–Crippen LogP) is 3.81. The average molecular weight is 430 g/mol. The summed E-state index contributed by atoms with van der Waals surface area (Å²) in [4.78, 5) is 12.6. The van der Waals surface area contributed by atoms with Gasteiger partial charge >= 0.3 is 10.1 Å². The quantitative estimate of drug-likeness (QED) is 0.619. The van der Waals surface area contributed by atoms with Crippen LogP contribution >= 0.6 is 11.6 Å². The van der Waals surface area contributed by atoms with E-state index in [2.05, 4.69) is 0 Å². The van der Waals surface area contributed by atoms with Gasteiger partial charge in [-0.25, -0.2) is 0 Å². The lowest BCUT2D eigenvalue weighted by Gasteiger charge is -2.10. The summed E-state index contributed by atoms with van der Waals surface area (Å²) >= 11 is 5.85. The van der Waals surface area contributed by atoms with Crippen LogP contribution in [0.15, 0.2) is 78.4 Å². The van der Waals surface area contributed by atoms with E-state index < -0.39 is 33.5 Å². The SMILES string of the molecule is NC1=C(OS(=O)(=O)Cc2ccc3ccccc3c2)C(=O)C(c2ccc(Cl)cc2)O1. The Balaban J connectivity index is 1.53. The molecule has 0 amide bonds. The number of halogens is 1. The molecule has 4 rings (SSSR count). The summed E-state index contributed by atoms with van der Waals surface area (Å²) in [5.74, 6) is -1.94. The van der Waals surface area contributed by atoms with Gasteiger partial charge in [0.05, 0.1) is 0 Å². The Morgan fingerprint density at radius 1 is 1.00 bits per heavy atom. The topological polar surface area (TPSA) is 95.7 Å². The van der Waals surface area contributed by atoms with Gasteiger partial charge < -0.3 is 14.7 Å². The van der Waals surface area contributed by atoms with E-state index >= 15 is 0 Å². The van der Waals surface area contributed by atoms with Gasteiger partial charge in [-0.1, -0.05) is 66.2 Å². The number of hydrogen-bond donors (Lipinski definition) is 1. The first-order chi connectivity index (χ1) is 13.8. The molecule has 1 atom stereocenters. The molecule has 3 aromatic rings. The first-order valence-corrected chi connectivity index (χ1v) is 10.6. The van der Waals surface area contributed by atoms with Gasteiger partial charge in [0.25, 0.3) is 0 Å². The van der Waals surface area contributed by atoms with Crippen molar-refractivity contribution in [1.82, 2.24) is 0 Å². The van der Waals surface area contributed by atoms with Crippen molar-refractivity contribution in [2.45, 2.75) is 11.9 Å². The van der Waals surface area contributed by atoms with Gasteiger partial charge in [0.1, 0.15) is 5.75 Å². The first kappa shape index (κ1) is 19.3. The predicted molar refractivity (Wildman–Crippen MR) is 109 cm³/mol. The zero-order valence-corrected chi connectivity index (χ0v) is 16.6. The Hall–Kier alpha value is -3.03. The zero-order chi connectivity index (χ0) is 20.6. The number of ketones is 1. The van der Waals surface area contributed by atoms with Gasteiger partial charge in [0, 0.05) is 10.6 Å². The van der Waals surface area contributed by atoms with Crippen LogP contribution in [0, 0.1) is 0 Å². The number of carbonyl (C=O) groups excluding carboxylic acids is 1. The molecule has 0 fully saturated rings. The summed E-state index contributed by atoms with van der Waals surface area (Å²) in [7, 11) is -4.12. The van der Waals surface area contributed by atoms with Crippen LogP contribution in [0.5, 0.6) is 0 Å². The number of benzene rings is 3. The van der Waals surface area contributed by atoms with Crippen LogP contribution in [0.4, 0.5) is 0 Å². The summed E-state index contributed by atoms with van der Waals surface area (Å²) in [5, 5.41) is 2.39. The molecule has 0 bridgehead atoms. The highest BCUT2D eigenvalue weighted by Crippen LogP contribution is 2.33. The average Bonchev–Trinajstić information content (AvgIpc) is 2.96. The number of Topliss-reactive ketones (excluding diaryl/α,β-unsaturated/α-hetero) is 1. The van der Waals surface area contributed by atoms with Crippen molar-refractivity contribution in [3.63, 3.8) is 0 Å². The molecule has 1 aliphatic rings. The molecular weight excluding hydrogens is 414 g/mol. The lowest BCUT2D eigenvalue weighted by atomic mass is 10.1. The van der Waals surface area contributed by atoms with Crippen molar-refractivity contribution in [3.8, 4) is 0 Å². The van der Waals surface area contributed by atoms with Gasteiger partial charge in [0.15, 0.2) is 6.10 Å². The maximum atomic E-state index is 12.6. The lowest BCUT2D eigenvalue weighted by Crippen LogP contribution is -2.16. The van der Waals surface area contributed by atoms with E-state index in [-0.39, 0.29) is 5.88 Å². The van der Waals surface area contributed by atoms with E-state index in [9.17, 15) is 13.2 Å². The minimum atomic E-state index is -4.12. The fraction of sp³-hybridized carbons (Fsp3) is 0.0952. The zero-order valence-electron chi connectivity index (χ0n) is 15.0. The van der Waals surface area contributed by atoms with Crippen molar-refractivity contribution in [2.75, 3.05) is 0 Å². The largest absolute Gasteiger partial charge is 0.460 e. The van der Waals surface area contributed by atoms with E-state index in [0.29, 0.717) is 16.1 Å². The van der Waals surface area contributed by atoms with Crippen LogP contribution in [-0.4, -0.2) is 14.2 Å². The molecule has 6 nitrogen and oxygen atoms in total. The summed E-state index contributed by atoms with van der Waals surface area (Å²) in [6.45, 7) is 0. The Morgan fingerprint density at radius 3 is 2.41 bits per heavy atom. The molecule has 29 heavy (non-hydrogen) atoms. The molecule has 1 unspecified atom stereocenters. The number of ether oxygens (including phenoxy) is 1. The van der Waals surface area contributed by atoms with Crippen molar-refractivity contribution in [1.29, 1.82) is 0 Å². The van der Waals surface area contributed by atoms with Crippen LogP contribution in [-0.2, 0) is 29.6 Å². The van der Waals surface area contributed by atoms with Crippen LogP contribution in [0.3, 0.4) is 0 Å². The molecule has 0 aromatic heterocycles. The second-order valence-electron chi connectivity index (χ2n) is 6.57. The van der Waals surface area contributed by atoms with Crippen LogP contribution < -0.4 is 5.73 Å². The van der Waals surface area contributed by atoms with Crippen LogP contribution in [0.1, 0.15) is 17.2 Å². The standard InChI is InChI=1S/C21H16ClNO5S/c22-17-9-7-15(8-10-17)19-18(24)20(21(23)27-19)28-29(25,26)12-13-5-6-14-3-1-2-4-16(14)11-13/h1-11,19H,12,23H2. The Labute approximate surface area is 172 Å². The lowest BCUT2D eigenvalue weighted by molar-refractivity contribution is -0.123. The molecular formula is C21H16ClNO5S. The van der Waals surface area contributed by atoms with Gasteiger partial charge in [-0.2, -0.15) is 8.42 Å². The molecule has 0 aliphatic carbocycles. The molecule has 148 valence electrons. The van der Waals surface area contributed by atoms with E-state index in [1.165, 1.54) is 0 Å². The molecule has 8 heteroatoms. The van der Waals surface area contributed by atoms with Gasteiger partial charge in [0.2, 0.25) is 17.4 Å². The van der Waals surface area contributed by atoms with E-state index in [0.717, 1.165) is 10.8 Å². The third-order valence-electron chi connectivity index (χ3n) is 4.47. The van der Waals surface area contributed by atoms with E-state index in [4.69, 9.17) is 26.3 Å². The van der Waals surface area contributed by atoms with Crippen molar-refractivity contribution in [2.24, 2.45) is 5.73 Å². The van der Waals surface area contributed by atoms with Crippen LogP contribution in [0.2, 0.25) is 5.02 Å². The smallest absolute Gasteiger partial charge is 0.313 e. The Kier molecular flexibility index (Phi) is 4.94. The Bertz CT molecular complexity index is 1240. The number of carbonyl (C=O) groups is 1. The van der Waals surface area contributed by atoms with E-state index in [1.54, 1.807) is 36.4 Å². The third-order valence-corrected chi connectivity index (χ3v) is 5.83. The summed E-state index contributed by atoms with van der Waals surface area (Å²) in [5.41, 5.74) is 6.75. The molecule has 3 aromatic carbocycles. The molecule has 0 spiro atoms. The summed E-state index contributed by atoms with van der Waals surface area (Å²) in [6, 6.07) is 19.3. The second kappa shape index (κ2) is 7.42. The molecule has 0 radical (unpaired) electrons. The number of rotatable bonds is 5. The highest BCUT2D eigenvalue weighted by Gasteiger charge is 2.39. The molecule has 0 saturated carbocycles. The van der Waals surface area contributed by atoms with Gasteiger partial charge in [-0.3, -0.25) is 4.79 Å². The summed E-state index contributed by atoms with van der Waals surface area (Å²) in [6.07, 6.45) is -1.07. The minimum Gasteiger partial charge on any atom is -0.460 e. The first-order valence-electron chi connectivity index (χ1n) is 8.68. The number of nitrogens with two attached hydrogens (primary N) is 1. The van der Waals surface area contributed by atoms with E-state index in [1.807, 2.05) is 30.3 Å². The molecule has 2 N–H and O–H groups in total. The maximum absolute atomic E-state index is 12.6. The fourth-order valence-corrected chi connectivity index (χ4v) is 4.29. The third kappa shape index (κ3) is 4.06. The number of fused-ring (bicyclic) bond motifs is 1. The molecule has 1 aliphatic heterocycles. The normalized spacial score (nSPS) is 16.9. The van der Waals surface area contributed by atoms with Crippen molar-refractivity contribution >= 4 is 38.3 Å². The maximum Gasteiger partial charge on any atom is 0.313 e. The monoisotopic (exact) mass is 429 g/mol. The highest BCUT2D eigenvalue weighted by atomic mass is 35.5. The molecule has 0 saturated heterocycles. The van der Waals surface area contributed by atoms with Crippen molar-refractivity contribution < 1.29 is 22.1 Å². The van der Waals surface area contributed by atoms with Crippen molar-refractivity contribution in [3.05, 3.63) is 94.5 Å². The van der Waals surface area contributed by atoms with Gasteiger partial charge in [-0.05, 0) is 28.5 Å². The number of hydrogen-bond acceptors (Lipinski definition) is 6. The highest BCUT2D eigenvalue weighted by molar-refractivity contribution is 7.86. The van der Waals surface area contributed by atoms with Gasteiger partial charge in [-0.15, -0.1) is 0 Å².